The summed E-state index contributed by atoms with van der Waals surface area (Å²) in [5, 5.41) is 11.6. The van der Waals surface area contributed by atoms with Crippen molar-refractivity contribution >= 4 is 23.5 Å². The number of carbonyl (C=O) groups is 4. The zero-order valence-electron chi connectivity index (χ0n) is 20.1. The van der Waals surface area contributed by atoms with Gasteiger partial charge in [0.05, 0.1) is 6.10 Å². The van der Waals surface area contributed by atoms with Gasteiger partial charge < -0.3 is 14.6 Å². The van der Waals surface area contributed by atoms with E-state index in [0.717, 1.165) is 24.8 Å². The maximum atomic E-state index is 13.5. The van der Waals surface area contributed by atoms with Gasteiger partial charge in [0.15, 0.2) is 18.0 Å². The van der Waals surface area contributed by atoms with Crippen molar-refractivity contribution < 1.29 is 33.8 Å². The second kappa shape index (κ2) is 8.33. The van der Waals surface area contributed by atoms with E-state index >= 15 is 0 Å². The fraction of sp³-hybridized carbons (Fsp3) is 0.769. The van der Waals surface area contributed by atoms with Crippen molar-refractivity contribution in [2.45, 2.75) is 90.8 Å². The van der Waals surface area contributed by atoms with E-state index in [9.17, 15) is 24.3 Å². The van der Waals surface area contributed by atoms with E-state index in [4.69, 9.17) is 9.47 Å². The van der Waals surface area contributed by atoms with Gasteiger partial charge >= 0.3 is 11.9 Å². The maximum absolute atomic E-state index is 13.5. The Bertz CT molecular complexity index is 906. The topological polar surface area (TPSA) is 107 Å². The van der Waals surface area contributed by atoms with Crippen LogP contribution in [-0.4, -0.2) is 46.9 Å². The molecule has 0 aromatic rings. The van der Waals surface area contributed by atoms with Crippen molar-refractivity contribution in [2.75, 3.05) is 6.61 Å². The quantitative estimate of drug-likeness (QED) is 0.627. The van der Waals surface area contributed by atoms with Crippen LogP contribution in [0.4, 0.5) is 0 Å². The number of ketones is 2. The highest BCUT2D eigenvalue weighted by Crippen LogP contribution is 2.68. The number of aliphatic hydroxyl groups excluding tert-OH is 1. The van der Waals surface area contributed by atoms with Crippen molar-refractivity contribution in [2.24, 2.45) is 28.6 Å². The molecule has 0 unspecified atom stereocenters. The lowest BCUT2D eigenvalue weighted by atomic mass is 9.45. The average molecular weight is 461 g/mol. The third-order valence-corrected chi connectivity index (χ3v) is 9.45. The van der Waals surface area contributed by atoms with Gasteiger partial charge in [-0.05, 0) is 67.8 Å². The van der Waals surface area contributed by atoms with Crippen molar-refractivity contribution in [3.8, 4) is 0 Å². The predicted molar refractivity (Wildman–Crippen MR) is 119 cm³/mol. The summed E-state index contributed by atoms with van der Waals surface area (Å²) in [5.41, 5.74) is -1.25. The zero-order valence-corrected chi connectivity index (χ0v) is 20.1. The molecule has 4 aliphatic rings. The Balaban J connectivity index is 1.72. The number of hydrogen-bond donors (Lipinski definition) is 1. The van der Waals surface area contributed by atoms with Crippen molar-refractivity contribution in [1.82, 2.24) is 0 Å². The van der Waals surface area contributed by atoms with E-state index in [1.165, 1.54) is 6.92 Å². The van der Waals surface area contributed by atoms with Crippen molar-refractivity contribution in [3.05, 3.63) is 11.6 Å². The molecule has 0 heterocycles. The summed E-state index contributed by atoms with van der Waals surface area (Å²) in [6.45, 7) is 6.64. The van der Waals surface area contributed by atoms with Crippen LogP contribution in [0.1, 0.15) is 79.1 Å². The molecule has 4 aliphatic carbocycles. The molecule has 4 rings (SSSR count). The number of fused-ring (bicyclic) bond motifs is 5. The predicted octanol–water partition coefficient (Wildman–Crippen LogP) is 3.31. The molecule has 0 aromatic heterocycles. The first kappa shape index (κ1) is 24.1. The largest absolute Gasteiger partial charge is 0.458 e. The van der Waals surface area contributed by atoms with E-state index in [1.54, 1.807) is 13.0 Å². The number of aliphatic hydroxyl groups is 1. The van der Waals surface area contributed by atoms with Crippen LogP contribution in [-0.2, 0) is 28.7 Å². The summed E-state index contributed by atoms with van der Waals surface area (Å²) >= 11 is 0. The Morgan fingerprint density at radius 1 is 1.15 bits per heavy atom. The average Bonchev–Trinajstić information content (AvgIpc) is 3.04. The molecule has 182 valence electrons. The van der Waals surface area contributed by atoms with E-state index in [0.29, 0.717) is 25.7 Å². The number of allylic oxidation sites excluding steroid dienone is 1. The summed E-state index contributed by atoms with van der Waals surface area (Å²) in [6, 6.07) is 0. The number of rotatable bonds is 5. The summed E-state index contributed by atoms with van der Waals surface area (Å²) < 4.78 is 11.0. The second-order valence-electron chi connectivity index (χ2n) is 11.0. The van der Waals surface area contributed by atoms with Crippen molar-refractivity contribution in [3.63, 3.8) is 0 Å². The van der Waals surface area contributed by atoms with Crippen LogP contribution in [0, 0.1) is 28.6 Å². The molecule has 0 spiro atoms. The third-order valence-electron chi connectivity index (χ3n) is 9.45. The van der Waals surface area contributed by atoms with Crippen LogP contribution >= 0.6 is 0 Å². The fourth-order valence-corrected chi connectivity index (χ4v) is 7.91. The first-order chi connectivity index (χ1) is 15.5. The van der Waals surface area contributed by atoms with Gasteiger partial charge in [-0.15, -0.1) is 0 Å². The highest BCUT2D eigenvalue weighted by atomic mass is 16.6. The lowest BCUT2D eigenvalue weighted by molar-refractivity contribution is -0.202. The number of hydrogen-bond acceptors (Lipinski definition) is 7. The minimum atomic E-state index is -1.41. The van der Waals surface area contributed by atoms with Gasteiger partial charge in [-0.3, -0.25) is 19.2 Å². The fourth-order valence-electron chi connectivity index (χ4n) is 7.91. The Morgan fingerprint density at radius 3 is 2.55 bits per heavy atom. The molecule has 0 radical (unpaired) electrons. The molecule has 1 N–H and O–H groups in total. The molecule has 7 atom stereocenters. The second-order valence-corrected chi connectivity index (χ2v) is 11.0. The lowest BCUT2D eigenvalue weighted by Gasteiger charge is -2.60. The Morgan fingerprint density at radius 2 is 1.88 bits per heavy atom. The lowest BCUT2D eigenvalue weighted by Crippen LogP contribution is -2.63. The minimum Gasteiger partial charge on any atom is -0.458 e. The Hall–Kier alpha value is -2.02. The molecule has 7 nitrogen and oxygen atoms in total. The molecule has 3 fully saturated rings. The Labute approximate surface area is 195 Å². The van der Waals surface area contributed by atoms with Gasteiger partial charge in [-0.1, -0.05) is 26.3 Å². The summed E-state index contributed by atoms with van der Waals surface area (Å²) in [4.78, 5) is 49.4. The summed E-state index contributed by atoms with van der Waals surface area (Å²) in [6.07, 6.45) is 5.55. The molecule has 7 heteroatoms. The van der Waals surface area contributed by atoms with Crippen molar-refractivity contribution in [1.29, 1.82) is 0 Å². The van der Waals surface area contributed by atoms with E-state index < -0.39 is 41.4 Å². The normalized spacial score (nSPS) is 41.8. The molecule has 0 saturated heterocycles. The molecule has 0 bridgehead atoms. The zero-order chi connectivity index (χ0) is 24.2. The van der Waals surface area contributed by atoms with E-state index in [-0.39, 0.29) is 35.4 Å². The van der Waals surface area contributed by atoms with Gasteiger partial charge in [-0.2, -0.15) is 0 Å². The standard InChI is InChI=1S/C26H36O7/c1-5-22(31)33-26(21(30)14-32-15(2)27)11-9-19-18-7-6-16-12-17(28)8-10-24(16,3)23(18)20(29)13-25(19,26)4/h12,18-20,23,29H,5-11,13-14H2,1-4H3/t18-,19+,20+,23-,24-,25+,26-/m0/s1. The minimum absolute atomic E-state index is 0.00456. The van der Waals surface area contributed by atoms with E-state index in [1.807, 2.05) is 6.92 Å². The number of esters is 2. The number of ether oxygens (including phenoxy) is 2. The van der Waals surface area contributed by atoms with Gasteiger partial charge in [0.25, 0.3) is 0 Å². The molecular formula is C26H36O7. The van der Waals surface area contributed by atoms with Crippen LogP contribution in [0.3, 0.4) is 0 Å². The van der Waals surface area contributed by atoms with Gasteiger partial charge in [0.1, 0.15) is 0 Å². The summed E-state index contributed by atoms with van der Waals surface area (Å²) in [7, 11) is 0. The Kier molecular flexibility index (Phi) is 6.09. The van der Waals surface area contributed by atoms with Crippen LogP contribution in [0.5, 0.6) is 0 Å². The molecular weight excluding hydrogens is 424 g/mol. The third kappa shape index (κ3) is 3.58. The van der Waals surface area contributed by atoms with E-state index in [2.05, 4.69) is 6.92 Å². The van der Waals surface area contributed by atoms with Gasteiger partial charge in [0, 0.05) is 25.2 Å². The maximum Gasteiger partial charge on any atom is 0.306 e. The smallest absolute Gasteiger partial charge is 0.306 e. The molecule has 0 aromatic carbocycles. The van der Waals surface area contributed by atoms with Crippen LogP contribution in [0.25, 0.3) is 0 Å². The van der Waals surface area contributed by atoms with Gasteiger partial charge in [0.2, 0.25) is 5.78 Å². The molecule has 3 saturated carbocycles. The summed E-state index contributed by atoms with van der Waals surface area (Å²) in [5.74, 6) is -0.999. The van der Waals surface area contributed by atoms with Crippen LogP contribution in [0.2, 0.25) is 0 Å². The molecule has 0 amide bonds. The monoisotopic (exact) mass is 460 g/mol. The first-order valence-corrected chi connectivity index (χ1v) is 12.3. The number of Topliss-reactive ketones (excluding diaryl/α,β-unsaturated/α-hetero) is 1. The molecule has 33 heavy (non-hydrogen) atoms. The SMILES string of the molecule is CCC(=O)O[C@]1(C(=O)COC(C)=O)CC[C@@H]2[C@@H]3CCC4=CC(=O)CC[C@]4(C)[C@@H]3[C@H](O)C[C@]21C. The molecule has 0 aliphatic heterocycles. The highest BCUT2D eigenvalue weighted by molar-refractivity contribution is 5.93. The van der Waals surface area contributed by atoms with Crippen LogP contribution < -0.4 is 0 Å². The first-order valence-electron chi connectivity index (χ1n) is 12.3. The van der Waals surface area contributed by atoms with Gasteiger partial charge in [-0.25, -0.2) is 0 Å². The highest BCUT2D eigenvalue weighted by Gasteiger charge is 2.70. The number of carbonyl (C=O) groups excluding carboxylic acids is 4. The van der Waals surface area contributed by atoms with Crippen LogP contribution in [0.15, 0.2) is 11.6 Å².